The van der Waals surface area contributed by atoms with E-state index in [-0.39, 0.29) is 6.10 Å². The molecule has 0 bridgehead atoms. The van der Waals surface area contributed by atoms with E-state index in [0.29, 0.717) is 12.1 Å². The molecule has 1 aromatic rings. The number of rotatable bonds is 5. The van der Waals surface area contributed by atoms with Crippen molar-refractivity contribution in [1.82, 2.24) is 5.32 Å². The Hall–Kier alpha value is -1.22. The third-order valence-electron chi connectivity index (χ3n) is 3.73. The number of ether oxygens (including phenoxy) is 1. The highest BCUT2D eigenvalue weighted by Crippen LogP contribution is 2.23. The summed E-state index contributed by atoms with van der Waals surface area (Å²) in [5, 5.41) is 6.99. The van der Waals surface area contributed by atoms with Gasteiger partial charge in [0.05, 0.1) is 6.10 Å². The molecule has 0 aromatic heterocycles. The fraction of sp³-hybridized carbons (Fsp3) is 0.625. The van der Waals surface area contributed by atoms with Gasteiger partial charge in [-0.3, -0.25) is 0 Å². The zero-order valence-electron chi connectivity index (χ0n) is 12.3. The normalized spacial score (nSPS) is 23.4. The quantitative estimate of drug-likeness (QED) is 0.853. The number of hydrogen-bond donors (Lipinski definition) is 2. The summed E-state index contributed by atoms with van der Waals surface area (Å²) in [5.74, 6) is 0.944. The zero-order chi connectivity index (χ0) is 13.7. The van der Waals surface area contributed by atoms with Gasteiger partial charge in [0.1, 0.15) is 5.75 Å². The first kappa shape index (κ1) is 14.2. The molecule has 1 fully saturated rings. The average Bonchev–Trinajstić information content (AvgIpc) is 2.41. The molecule has 0 radical (unpaired) electrons. The lowest BCUT2D eigenvalue weighted by Gasteiger charge is -2.29. The SMILES string of the molecule is CNC1CCC(Nc2ccc(OC(C)C)cc2)CC1. The maximum Gasteiger partial charge on any atom is 0.119 e. The molecule has 0 aliphatic heterocycles. The van der Waals surface area contributed by atoms with Crippen LogP contribution in [-0.4, -0.2) is 25.2 Å². The molecule has 0 saturated heterocycles. The van der Waals surface area contributed by atoms with Crippen molar-refractivity contribution in [2.45, 2.75) is 57.7 Å². The van der Waals surface area contributed by atoms with E-state index in [2.05, 4.69) is 29.8 Å². The van der Waals surface area contributed by atoms with Crippen molar-refractivity contribution >= 4 is 5.69 Å². The molecular formula is C16H26N2O. The highest BCUT2D eigenvalue weighted by atomic mass is 16.5. The molecule has 19 heavy (non-hydrogen) atoms. The van der Waals surface area contributed by atoms with Crippen molar-refractivity contribution in [3.8, 4) is 5.75 Å². The highest BCUT2D eigenvalue weighted by molar-refractivity contribution is 5.47. The van der Waals surface area contributed by atoms with Crippen molar-refractivity contribution in [2.75, 3.05) is 12.4 Å². The third-order valence-corrected chi connectivity index (χ3v) is 3.73. The number of nitrogens with one attached hydrogen (secondary N) is 2. The van der Waals surface area contributed by atoms with E-state index in [1.807, 2.05) is 26.0 Å². The molecule has 0 atom stereocenters. The van der Waals surface area contributed by atoms with Gasteiger partial charge < -0.3 is 15.4 Å². The van der Waals surface area contributed by atoms with E-state index in [4.69, 9.17) is 4.74 Å². The van der Waals surface area contributed by atoms with Gasteiger partial charge in [0.15, 0.2) is 0 Å². The van der Waals surface area contributed by atoms with Gasteiger partial charge in [0.2, 0.25) is 0 Å². The Bertz CT molecular complexity index is 367. The number of benzene rings is 1. The molecule has 3 heteroatoms. The van der Waals surface area contributed by atoms with Crippen molar-refractivity contribution < 1.29 is 4.74 Å². The third kappa shape index (κ3) is 4.43. The first-order valence-corrected chi connectivity index (χ1v) is 7.38. The van der Waals surface area contributed by atoms with E-state index in [1.54, 1.807) is 0 Å². The van der Waals surface area contributed by atoms with E-state index in [9.17, 15) is 0 Å². The van der Waals surface area contributed by atoms with Crippen LogP contribution in [0.1, 0.15) is 39.5 Å². The first-order chi connectivity index (χ1) is 9.17. The van der Waals surface area contributed by atoms with Crippen LogP contribution in [-0.2, 0) is 0 Å². The predicted molar refractivity (Wildman–Crippen MR) is 80.9 cm³/mol. The van der Waals surface area contributed by atoms with Crippen LogP contribution < -0.4 is 15.4 Å². The van der Waals surface area contributed by atoms with Crippen molar-refractivity contribution in [2.24, 2.45) is 0 Å². The minimum atomic E-state index is 0.232. The van der Waals surface area contributed by atoms with Gasteiger partial charge in [-0.15, -0.1) is 0 Å². The van der Waals surface area contributed by atoms with E-state index in [1.165, 1.54) is 31.4 Å². The molecule has 1 aliphatic carbocycles. The van der Waals surface area contributed by atoms with E-state index in [0.717, 1.165) is 5.75 Å². The van der Waals surface area contributed by atoms with E-state index < -0.39 is 0 Å². The van der Waals surface area contributed by atoms with Gasteiger partial charge in [-0.2, -0.15) is 0 Å². The maximum atomic E-state index is 5.65. The molecule has 2 N–H and O–H groups in total. The summed E-state index contributed by atoms with van der Waals surface area (Å²) in [6.07, 6.45) is 5.26. The second-order valence-corrected chi connectivity index (χ2v) is 5.67. The summed E-state index contributed by atoms with van der Waals surface area (Å²) >= 11 is 0. The minimum Gasteiger partial charge on any atom is -0.491 e. The first-order valence-electron chi connectivity index (χ1n) is 7.38. The van der Waals surface area contributed by atoms with Crippen LogP contribution in [0.2, 0.25) is 0 Å². The largest absolute Gasteiger partial charge is 0.491 e. The summed E-state index contributed by atoms with van der Waals surface area (Å²) < 4.78 is 5.65. The maximum absolute atomic E-state index is 5.65. The van der Waals surface area contributed by atoms with Gasteiger partial charge in [0.25, 0.3) is 0 Å². The van der Waals surface area contributed by atoms with Crippen LogP contribution in [0.4, 0.5) is 5.69 Å². The smallest absolute Gasteiger partial charge is 0.119 e. The van der Waals surface area contributed by atoms with Gasteiger partial charge in [-0.1, -0.05) is 0 Å². The Labute approximate surface area is 116 Å². The van der Waals surface area contributed by atoms with Gasteiger partial charge in [-0.25, -0.2) is 0 Å². The molecule has 2 rings (SSSR count). The highest BCUT2D eigenvalue weighted by Gasteiger charge is 2.19. The second-order valence-electron chi connectivity index (χ2n) is 5.67. The molecule has 0 unspecified atom stereocenters. The topological polar surface area (TPSA) is 33.3 Å². The Kier molecular flexibility index (Phi) is 5.08. The molecule has 0 amide bonds. The molecule has 0 heterocycles. The molecular weight excluding hydrogens is 236 g/mol. The molecule has 1 aromatic carbocycles. The number of anilines is 1. The average molecular weight is 262 g/mol. The summed E-state index contributed by atoms with van der Waals surface area (Å²) in [6.45, 7) is 4.10. The predicted octanol–water partition coefficient (Wildman–Crippen LogP) is 3.42. The Morgan fingerprint density at radius 3 is 2.11 bits per heavy atom. The van der Waals surface area contributed by atoms with Crippen LogP contribution in [0.25, 0.3) is 0 Å². The summed E-state index contributed by atoms with van der Waals surface area (Å²) in [6, 6.07) is 9.63. The lowest BCUT2D eigenvalue weighted by Crippen LogP contribution is -2.34. The van der Waals surface area contributed by atoms with Gasteiger partial charge in [0, 0.05) is 17.8 Å². The van der Waals surface area contributed by atoms with Crippen molar-refractivity contribution in [1.29, 1.82) is 0 Å². The van der Waals surface area contributed by atoms with Crippen molar-refractivity contribution in [3.05, 3.63) is 24.3 Å². The Balaban J connectivity index is 1.83. The molecule has 106 valence electrons. The Morgan fingerprint density at radius 2 is 1.58 bits per heavy atom. The summed E-state index contributed by atoms with van der Waals surface area (Å²) in [7, 11) is 2.06. The second kappa shape index (κ2) is 6.80. The molecule has 1 aliphatic rings. The van der Waals surface area contributed by atoms with Crippen LogP contribution in [0.5, 0.6) is 5.75 Å². The monoisotopic (exact) mass is 262 g/mol. The van der Waals surface area contributed by atoms with Gasteiger partial charge in [-0.05, 0) is 70.8 Å². The summed E-state index contributed by atoms with van der Waals surface area (Å²) in [5.41, 5.74) is 1.20. The van der Waals surface area contributed by atoms with Crippen LogP contribution in [0.15, 0.2) is 24.3 Å². The fourth-order valence-electron chi connectivity index (χ4n) is 2.66. The number of hydrogen-bond acceptors (Lipinski definition) is 3. The van der Waals surface area contributed by atoms with Crippen LogP contribution >= 0.6 is 0 Å². The molecule has 1 saturated carbocycles. The van der Waals surface area contributed by atoms with Crippen LogP contribution in [0.3, 0.4) is 0 Å². The summed E-state index contributed by atoms with van der Waals surface area (Å²) in [4.78, 5) is 0. The Morgan fingerprint density at radius 1 is 1.00 bits per heavy atom. The molecule has 0 spiro atoms. The van der Waals surface area contributed by atoms with Crippen LogP contribution in [0, 0.1) is 0 Å². The zero-order valence-corrected chi connectivity index (χ0v) is 12.3. The van der Waals surface area contributed by atoms with Crippen molar-refractivity contribution in [3.63, 3.8) is 0 Å². The molecule has 3 nitrogen and oxygen atoms in total. The van der Waals surface area contributed by atoms with E-state index >= 15 is 0 Å². The lowest BCUT2D eigenvalue weighted by atomic mass is 9.91. The minimum absolute atomic E-state index is 0.232. The lowest BCUT2D eigenvalue weighted by molar-refractivity contribution is 0.242. The van der Waals surface area contributed by atoms with Gasteiger partial charge >= 0.3 is 0 Å². The fourth-order valence-corrected chi connectivity index (χ4v) is 2.66. The standard InChI is InChI=1S/C16H26N2O/c1-12(2)19-16-10-8-15(9-11-16)18-14-6-4-13(17-3)5-7-14/h8-14,17-18H,4-7H2,1-3H3.